The van der Waals surface area contributed by atoms with E-state index < -0.39 is 5.91 Å². The molecule has 128 valence electrons. The third-order valence-electron chi connectivity index (χ3n) is 3.91. The summed E-state index contributed by atoms with van der Waals surface area (Å²) < 4.78 is 6.97. The molecule has 3 rings (SSSR count). The van der Waals surface area contributed by atoms with E-state index in [9.17, 15) is 10.1 Å². The lowest BCUT2D eigenvalue weighted by molar-refractivity contribution is -0.114. The first-order valence-electron chi connectivity index (χ1n) is 7.89. The molecule has 1 amide bonds. The van der Waals surface area contributed by atoms with Crippen molar-refractivity contribution in [1.29, 1.82) is 5.26 Å². The van der Waals surface area contributed by atoms with E-state index in [-0.39, 0.29) is 5.57 Å². The second-order valence-electron chi connectivity index (χ2n) is 5.65. The predicted octanol–water partition coefficient (Wildman–Crippen LogP) is 4.57. The molecule has 26 heavy (non-hydrogen) atoms. The van der Waals surface area contributed by atoms with Crippen molar-refractivity contribution in [2.75, 3.05) is 0 Å². The van der Waals surface area contributed by atoms with Gasteiger partial charge in [0.25, 0.3) is 5.91 Å². The van der Waals surface area contributed by atoms with Gasteiger partial charge in [-0.15, -0.1) is 0 Å². The molecular weight excluding hydrogens is 392 g/mol. The van der Waals surface area contributed by atoms with Crippen LogP contribution in [0.3, 0.4) is 0 Å². The molecule has 0 spiro atoms. The normalized spacial score (nSPS) is 11.2. The average molecular weight is 407 g/mol. The van der Waals surface area contributed by atoms with Gasteiger partial charge < -0.3 is 10.5 Å². The van der Waals surface area contributed by atoms with Gasteiger partial charge in [0, 0.05) is 10.0 Å². The number of halogens is 1. The maximum Gasteiger partial charge on any atom is 0.259 e. The van der Waals surface area contributed by atoms with Crippen LogP contribution in [0.1, 0.15) is 11.1 Å². The molecule has 0 saturated carbocycles. The molecular formula is C21H15BrN2O2. The molecule has 0 heterocycles. The number of fused-ring (bicyclic) bond motifs is 1. The van der Waals surface area contributed by atoms with Crippen LogP contribution in [0, 0.1) is 11.3 Å². The van der Waals surface area contributed by atoms with E-state index in [0.717, 1.165) is 20.8 Å². The molecule has 0 bridgehead atoms. The van der Waals surface area contributed by atoms with E-state index in [1.54, 1.807) is 0 Å². The number of carbonyl (C=O) groups excluding carboxylic acids is 1. The number of hydrogen-bond donors (Lipinski definition) is 1. The number of carbonyl (C=O) groups is 1. The zero-order chi connectivity index (χ0) is 18.5. The highest BCUT2D eigenvalue weighted by atomic mass is 79.9. The Morgan fingerprint density at radius 3 is 2.54 bits per heavy atom. The number of nitrogens with zero attached hydrogens (tertiary/aromatic N) is 1. The molecule has 0 fully saturated rings. The molecule has 2 N–H and O–H groups in total. The fraction of sp³-hybridized carbons (Fsp3) is 0.0476. The molecule has 0 saturated heterocycles. The molecule has 0 aliphatic heterocycles. The lowest BCUT2D eigenvalue weighted by Crippen LogP contribution is -2.12. The summed E-state index contributed by atoms with van der Waals surface area (Å²) in [5.41, 5.74) is 6.85. The summed E-state index contributed by atoms with van der Waals surface area (Å²) in [6.45, 7) is 0.366. The maximum absolute atomic E-state index is 11.5. The number of benzene rings is 3. The standard InChI is InChI=1S/C21H15BrN2O2/c22-17-8-5-14(6-9-17)13-26-20-10-7-15-3-1-2-4-18(15)19(20)11-16(12-23)21(24)25/h1-11H,13H2,(H2,24,25)/b16-11+. The largest absolute Gasteiger partial charge is 0.488 e. The first kappa shape index (κ1) is 17.7. The molecule has 0 aliphatic rings. The maximum atomic E-state index is 11.5. The van der Waals surface area contributed by atoms with Gasteiger partial charge in [0.2, 0.25) is 0 Å². The minimum Gasteiger partial charge on any atom is -0.488 e. The Balaban J connectivity index is 2.04. The minimum absolute atomic E-state index is 0.116. The lowest BCUT2D eigenvalue weighted by atomic mass is 10.0. The first-order chi connectivity index (χ1) is 12.6. The molecule has 3 aromatic carbocycles. The number of hydrogen-bond acceptors (Lipinski definition) is 3. The summed E-state index contributed by atoms with van der Waals surface area (Å²) in [5.74, 6) is -0.181. The molecule has 5 heteroatoms. The molecule has 0 radical (unpaired) electrons. The Bertz CT molecular complexity index is 1030. The minimum atomic E-state index is -0.765. The Morgan fingerprint density at radius 1 is 1.12 bits per heavy atom. The summed E-state index contributed by atoms with van der Waals surface area (Å²) >= 11 is 3.41. The fourth-order valence-corrected chi connectivity index (χ4v) is 2.86. The number of rotatable bonds is 5. The van der Waals surface area contributed by atoms with Crippen LogP contribution in [0.4, 0.5) is 0 Å². The van der Waals surface area contributed by atoms with Gasteiger partial charge in [-0.25, -0.2) is 0 Å². The molecule has 0 unspecified atom stereocenters. The van der Waals surface area contributed by atoms with Crippen molar-refractivity contribution >= 4 is 38.7 Å². The van der Waals surface area contributed by atoms with Crippen molar-refractivity contribution in [3.05, 3.63) is 81.8 Å². The quantitative estimate of drug-likeness (QED) is 0.497. The fourth-order valence-electron chi connectivity index (χ4n) is 2.59. The van der Waals surface area contributed by atoms with Gasteiger partial charge in [0.15, 0.2) is 0 Å². The number of primary amides is 1. The third-order valence-corrected chi connectivity index (χ3v) is 4.44. The first-order valence-corrected chi connectivity index (χ1v) is 8.68. The van der Waals surface area contributed by atoms with Crippen molar-refractivity contribution in [3.63, 3.8) is 0 Å². The Hall–Kier alpha value is -3.10. The lowest BCUT2D eigenvalue weighted by Gasteiger charge is -2.12. The average Bonchev–Trinajstić information content (AvgIpc) is 2.65. The van der Waals surface area contributed by atoms with Crippen LogP contribution in [0.2, 0.25) is 0 Å². The van der Waals surface area contributed by atoms with Gasteiger partial charge in [-0.05, 0) is 40.6 Å². The van der Waals surface area contributed by atoms with Crippen molar-refractivity contribution < 1.29 is 9.53 Å². The summed E-state index contributed by atoms with van der Waals surface area (Å²) in [5, 5.41) is 11.1. The Kier molecular flexibility index (Phi) is 5.35. The van der Waals surface area contributed by atoms with Gasteiger partial charge in [-0.2, -0.15) is 5.26 Å². The van der Waals surface area contributed by atoms with Gasteiger partial charge in [0.1, 0.15) is 24.0 Å². The molecule has 4 nitrogen and oxygen atoms in total. The molecule has 0 atom stereocenters. The smallest absolute Gasteiger partial charge is 0.259 e. The summed E-state index contributed by atoms with van der Waals surface area (Å²) in [6.07, 6.45) is 1.49. The monoisotopic (exact) mass is 406 g/mol. The highest BCUT2D eigenvalue weighted by molar-refractivity contribution is 9.10. The summed E-state index contributed by atoms with van der Waals surface area (Å²) in [4.78, 5) is 11.5. The van der Waals surface area contributed by atoms with Crippen molar-refractivity contribution in [2.24, 2.45) is 5.73 Å². The van der Waals surface area contributed by atoms with Crippen molar-refractivity contribution in [1.82, 2.24) is 0 Å². The second kappa shape index (κ2) is 7.85. The summed E-state index contributed by atoms with van der Waals surface area (Å²) in [6, 6.07) is 21.2. The van der Waals surface area contributed by atoms with Crippen molar-refractivity contribution in [2.45, 2.75) is 6.61 Å². The van der Waals surface area contributed by atoms with Crippen LogP contribution in [-0.2, 0) is 11.4 Å². The SMILES string of the molecule is N#C/C(=C\c1c(OCc2ccc(Br)cc2)ccc2ccccc12)C(N)=O. The van der Waals surface area contributed by atoms with Gasteiger partial charge in [-0.1, -0.05) is 58.4 Å². The highest BCUT2D eigenvalue weighted by Gasteiger charge is 2.11. The molecule has 3 aromatic rings. The highest BCUT2D eigenvalue weighted by Crippen LogP contribution is 2.31. The van der Waals surface area contributed by atoms with Crippen LogP contribution in [0.25, 0.3) is 16.8 Å². The number of nitriles is 1. The topological polar surface area (TPSA) is 76.1 Å². The second-order valence-corrected chi connectivity index (χ2v) is 6.56. The Labute approximate surface area is 159 Å². The van der Waals surface area contributed by atoms with E-state index in [2.05, 4.69) is 15.9 Å². The van der Waals surface area contributed by atoms with Gasteiger partial charge in [0.05, 0.1) is 0 Å². The number of ether oxygens (including phenoxy) is 1. The van der Waals surface area contributed by atoms with Crippen LogP contribution in [-0.4, -0.2) is 5.91 Å². The zero-order valence-corrected chi connectivity index (χ0v) is 15.4. The van der Waals surface area contributed by atoms with E-state index in [1.165, 1.54) is 6.08 Å². The molecule has 0 aliphatic carbocycles. The predicted molar refractivity (Wildman–Crippen MR) is 105 cm³/mol. The number of amides is 1. The van der Waals surface area contributed by atoms with Crippen molar-refractivity contribution in [3.8, 4) is 11.8 Å². The summed E-state index contributed by atoms with van der Waals surface area (Å²) in [7, 11) is 0. The van der Waals surface area contributed by atoms with Crippen LogP contribution >= 0.6 is 15.9 Å². The van der Waals surface area contributed by atoms with Crippen LogP contribution in [0.15, 0.2) is 70.7 Å². The third kappa shape index (κ3) is 3.93. The zero-order valence-electron chi connectivity index (χ0n) is 13.8. The van der Waals surface area contributed by atoms with Crippen LogP contribution < -0.4 is 10.5 Å². The molecule has 0 aromatic heterocycles. The number of nitrogens with two attached hydrogens (primary N) is 1. The van der Waals surface area contributed by atoms with E-state index in [1.807, 2.05) is 66.7 Å². The van der Waals surface area contributed by atoms with E-state index in [4.69, 9.17) is 10.5 Å². The van der Waals surface area contributed by atoms with Crippen LogP contribution in [0.5, 0.6) is 5.75 Å². The van der Waals surface area contributed by atoms with Gasteiger partial charge >= 0.3 is 0 Å². The van der Waals surface area contributed by atoms with E-state index >= 15 is 0 Å². The Morgan fingerprint density at radius 2 is 1.85 bits per heavy atom. The van der Waals surface area contributed by atoms with Gasteiger partial charge in [-0.3, -0.25) is 4.79 Å². The van der Waals surface area contributed by atoms with E-state index in [0.29, 0.717) is 17.9 Å².